The van der Waals surface area contributed by atoms with Crippen LogP contribution in [-0.4, -0.2) is 32.5 Å². The number of benzene rings is 2. The second-order valence-corrected chi connectivity index (χ2v) is 6.81. The lowest BCUT2D eigenvalue weighted by atomic mass is 9.83. The molecule has 3 heterocycles. The fraction of sp³-hybridized carbons (Fsp3) is 0.400. The van der Waals surface area contributed by atoms with Gasteiger partial charge in [-0.05, 0) is 47.7 Å². The highest BCUT2D eigenvalue weighted by Crippen LogP contribution is 2.45. The zero-order chi connectivity index (χ0) is 17.0. The second-order valence-electron chi connectivity index (χ2n) is 6.81. The van der Waals surface area contributed by atoms with E-state index >= 15 is 0 Å². The van der Waals surface area contributed by atoms with Gasteiger partial charge in [0.25, 0.3) is 0 Å². The monoisotopic (exact) mass is 339 g/mol. The lowest BCUT2D eigenvalue weighted by Crippen LogP contribution is -2.39. The highest BCUT2D eigenvalue weighted by molar-refractivity contribution is 5.53. The summed E-state index contributed by atoms with van der Waals surface area (Å²) in [6.07, 6.45) is 1.99. The van der Waals surface area contributed by atoms with Crippen molar-refractivity contribution in [2.45, 2.75) is 25.4 Å². The first-order valence-electron chi connectivity index (χ1n) is 8.67. The van der Waals surface area contributed by atoms with Crippen LogP contribution in [0.1, 0.15) is 28.3 Å². The van der Waals surface area contributed by atoms with Crippen molar-refractivity contribution in [1.82, 2.24) is 4.90 Å². The molecule has 5 nitrogen and oxygen atoms in total. The Bertz CT molecular complexity index is 848. The summed E-state index contributed by atoms with van der Waals surface area (Å²) in [5, 5.41) is 0. The standard InChI is InChI=1S/C20H21NO4/c1-22-14-5-13-6-17-15-9-20-19(24-11-25-20)7-12(15)3-4-21(17)10-16(13)18(8-14)23-2/h5,7-9,17H,3-4,6,10-11H2,1-2H3/t17-/m0/s1. The van der Waals surface area contributed by atoms with Crippen LogP contribution in [-0.2, 0) is 19.4 Å². The molecule has 0 radical (unpaired) electrons. The van der Waals surface area contributed by atoms with E-state index < -0.39 is 0 Å². The number of hydrogen-bond donors (Lipinski definition) is 0. The van der Waals surface area contributed by atoms with Gasteiger partial charge in [0.2, 0.25) is 6.79 Å². The average Bonchev–Trinajstić information content (AvgIpc) is 3.11. The average molecular weight is 339 g/mol. The number of methoxy groups -OCH3 is 2. The van der Waals surface area contributed by atoms with E-state index in [1.807, 2.05) is 6.07 Å². The molecular formula is C20H21NO4. The van der Waals surface area contributed by atoms with Gasteiger partial charge in [0.1, 0.15) is 11.5 Å². The number of nitrogens with zero attached hydrogens (tertiary/aromatic N) is 1. The van der Waals surface area contributed by atoms with Crippen LogP contribution in [0.3, 0.4) is 0 Å². The van der Waals surface area contributed by atoms with E-state index in [1.165, 1.54) is 22.3 Å². The molecule has 130 valence electrons. The third kappa shape index (κ3) is 2.26. The normalized spacial score (nSPS) is 20.5. The summed E-state index contributed by atoms with van der Waals surface area (Å²) in [6, 6.07) is 8.83. The third-order valence-electron chi connectivity index (χ3n) is 5.61. The predicted molar refractivity (Wildman–Crippen MR) is 92.7 cm³/mol. The predicted octanol–water partition coefficient (Wildman–Crippen LogP) is 3.09. The second kappa shape index (κ2) is 5.56. The van der Waals surface area contributed by atoms with E-state index in [4.69, 9.17) is 18.9 Å². The molecule has 0 aromatic heterocycles. The molecule has 0 unspecified atom stereocenters. The molecule has 0 spiro atoms. The summed E-state index contributed by atoms with van der Waals surface area (Å²) in [5.41, 5.74) is 5.33. The molecule has 1 atom stereocenters. The minimum atomic E-state index is 0.323. The van der Waals surface area contributed by atoms with Crippen molar-refractivity contribution in [2.24, 2.45) is 0 Å². The minimum Gasteiger partial charge on any atom is -0.497 e. The fourth-order valence-corrected chi connectivity index (χ4v) is 4.32. The summed E-state index contributed by atoms with van der Waals surface area (Å²) < 4.78 is 22.2. The van der Waals surface area contributed by atoms with Gasteiger partial charge in [0, 0.05) is 30.8 Å². The molecule has 5 heteroatoms. The molecule has 2 aromatic carbocycles. The molecule has 0 aliphatic carbocycles. The Morgan fingerprint density at radius 2 is 1.84 bits per heavy atom. The van der Waals surface area contributed by atoms with Gasteiger partial charge in [-0.25, -0.2) is 0 Å². The maximum absolute atomic E-state index is 5.62. The van der Waals surface area contributed by atoms with E-state index in [0.717, 1.165) is 48.9 Å². The van der Waals surface area contributed by atoms with Crippen LogP contribution in [0.25, 0.3) is 0 Å². The quantitative estimate of drug-likeness (QED) is 0.841. The van der Waals surface area contributed by atoms with Crippen LogP contribution in [0.5, 0.6) is 23.0 Å². The van der Waals surface area contributed by atoms with E-state index in [-0.39, 0.29) is 0 Å². The van der Waals surface area contributed by atoms with Crippen LogP contribution < -0.4 is 18.9 Å². The summed E-state index contributed by atoms with van der Waals surface area (Å²) in [6.45, 7) is 2.27. The number of fused-ring (bicyclic) bond motifs is 5. The first kappa shape index (κ1) is 14.9. The van der Waals surface area contributed by atoms with E-state index in [1.54, 1.807) is 14.2 Å². The summed E-state index contributed by atoms with van der Waals surface area (Å²) >= 11 is 0. The van der Waals surface area contributed by atoms with Gasteiger partial charge in [0.15, 0.2) is 11.5 Å². The SMILES string of the molecule is COc1cc2c(c(OC)c1)CN1CCc3cc4c(cc3[C@@H]1C2)OCO4. The smallest absolute Gasteiger partial charge is 0.231 e. The van der Waals surface area contributed by atoms with Crippen molar-refractivity contribution in [2.75, 3.05) is 27.6 Å². The number of hydrogen-bond acceptors (Lipinski definition) is 5. The maximum atomic E-state index is 5.62. The van der Waals surface area contributed by atoms with Crippen molar-refractivity contribution >= 4 is 0 Å². The third-order valence-corrected chi connectivity index (χ3v) is 5.61. The van der Waals surface area contributed by atoms with Gasteiger partial charge in [-0.2, -0.15) is 0 Å². The highest BCUT2D eigenvalue weighted by Gasteiger charge is 2.35. The summed E-state index contributed by atoms with van der Waals surface area (Å²) in [7, 11) is 3.43. The first-order chi connectivity index (χ1) is 12.3. The molecule has 0 bridgehead atoms. The van der Waals surface area contributed by atoms with Gasteiger partial charge >= 0.3 is 0 Å². The molecule has 3 aliphatic heterocycles. The molecular weight excluding hydrogens is 318 g/mol. The fourth-order valence-electron chi connectivity index (χ4n) is 4.32. The van der Waals surface area contributed by atoms with Gasteiger partial charge in [-0.1, -0.05) is 0 Å². The largest absolute Gasteiger partial charge is 0.497 e. The topological polar surface area (TPSA) is 40.2 Å². The van der Waals surface area contributed by atoms with Crippen molar-refractivity contribution in [3.63, 3.8) is 0 Å². The summed E-state index contributed by atoms with van der Waals surface area (Å²) in [4.78, 5) is 2.54. The molecule has 25 heavy (non-hydrogen) atoms. The van der Waals surface area contributed by atoms with Crippen LogP contribution in [0.15, 0.2) is 24.3 Å². The Balaban J connectivity index is 1.58. The van der Waals surface area contributed by atoms with Gasteiger partial charge in [-0.15, -0.1) is 0 Å². The van der Waals surface area contributed by atoms with E-state index in [0.29, 0.717) is 12.8 Å². The Morgan fingerprint density at radius 1 is 1.00 bits per heavy atom. The molecule has 0 saturated carbocycles. The number of rotatable bonds is 2. The van der Waals surface area contributed by atoms with Crippen LogP contribution >= 0.6 is 0 Å². The molecule has 0 fully saturated rings. The molecule has 0 saturated heterocycles. The van der Waals surface area contributed by atoms with Gasteiger partial charge in [-0.3, -0.25) is 4.90 Å². The molecule has 0 N–H and O–H groups in total. The molecule has 3 aliphatic rings. The van der Waals surface area contributed by atoms with E-state index in [2.05, 4.69) is 23.1 Å². The summed E-state index contributed by atoms with van der Waals surface area (Å²) in [5.74, 6) is 3.52. The lowest BCUT2D eigenvalue weighted by molar-refractivity contribution is 0.158. The highest BCUT2D eigenvalue weighted by atomic mass is 16.7. The maximum Gasteiger partial charge on any atom is 0.231 e. The Hall–Kier alpha value is -2.40. The minimum absolute atomic E-state index is 0.323. The van der Waals surface area contributed by atoms with Gasteiger partial charge in [0.05, 0.1) is 14.2 Å². The van der Waals surface area contributed by atoms with Crippen LogP contribution in [0, 0.1) is 0 Å². The van der Waals surface area contributed by atoms with Crippen molar-refractivity contribution in [1.29, 1.82) is 0 Å². The van der Waals surface area contributed by atoms with Crippen molar-refractivity contribution in [3.05, 3.63) is 46.5 Å². The Morgan fingerprint density at radius 3 is 2.64 bits per heavy atom. The molecule has 2 aromatic rings. The van der Waals surface area contributed by atoms with E-state index in [9.17, 15) is 0 Å². The zero-order valence-electron chi connectivity index (χ0n) is 14.5. The Kier molecular flexibility index (Phi) is 3.31. The Labute approximate surface area is 147 Å². The molecule has 0 amide bonds. The zero-order valence-corrected chi connectivity index (χ0v) is 14.5. The van der Waals surface area contributed by atoms with Crippen LogP contribution in [0.2, 0.25) is 0 Å². The van der Waals surface area contributed by atoms with Crippen LogP contribution in [0.4, 0.5) is 0 Å². The first-order valence-corrected chi connectivity index (χ1v) is 8.67. The van der Waals surface area contributed by atoms with Gasteiger partial charge < -0.3 is 18.9 Å². The van der Waals surface area contributed by atoms with Crippen molar-refractivity contribution < 1.29 is 18.9 Å². The molecule has 5 rings (SSSR count). The van der Waals surface area contributed by atoms with Crippen molar-refractivity contribution in [3.8, 4) is 23.0 Å². The lowest BCUT2D eigenvalue weighted by Gasteiger charge is -2.41. The number of ether oxygens (including phenoxy) is 4.